The van der Waals surface area contributed by atoms with E-state index in [1.807, 2.05) is 6.92 Å². The molecule has 6 nitrogen and oxygen atoms in total. The number of aromatic amines is 2. The van der Waals surface area contributed by atoms with Crippen LogP contribution >= 0.6 is 12.2 Å². The summed E-state index contributed by atoms with van der Waals surface area (Å²) in [4.78, 5) is 8.40. The predicted molar refractivity (Wildman–Crippen MR) is 96.0 cm³/mol. The van der Waals surface area contributed by atoms with Gasteiger partial charge in [0.2, 0.25) is 0 Å². The van der Waals surface area contributed by atoms with E-state index < -0.39 is 0 Å². The number of ether oxygens (including phenoxy) is 1. The van der Waals surface area contributed by atoms with Crippen LogP contribution in [0.3, 0.4) is 0 Å². The Hall–Kier alpha value is -2.19. The van der Waals surface area contributed by atoms with E-state index >= 15 is 0 Å². The lowest BCUT2D eigenvalue weighted by molar-refractivity contribution is 0.341. The maximum atomic E-state index is 11.2. The van der Waals surface area contributed by atoms with Gasteiger partial charge in [-0.1, -0.05) is 25.6 Å². The summed E-state index contributed by atoms with van der Waals surface area (Å²) in [6, 6.07) is 5.28. The number of aromatic nitrogens is 4. The third-order valence-corrected chi connectivity index (χ3v) is 4.34. The number of benzene rings is 1. The lowest BCUT2D eigenvalue weighted by Crippen LogP contribution is -1.98. The highest BCUT2D eigenvalue weighted by Crippen LogP contribution is 2.30. The van der Waals surface area contributed by atoms with E-state index in [1.54, 1.807) is 18.2 Å². The number of nitrogens with zero attached hydrogens (tertiary/aromatic N) is 2. The van der Waals surface area contributed by atoms with Crippen molar-refractivity contribution in [3.05, 3.63) is 28.5 Å². The molecule has 3 rings (SSSR count). The van der Waals surface area contributed by atoms with E-state index in [1.165, 1.54) is 0 Å². The molecule has 2 N–H and O–H groups in total. The summed E-state index contributed by atoms with van der Waals surface area (Å²) in [6.07, 6.45) is 1.79. The number of H-pyrrole nitrogens is 2. The van der Waals surface area contributed by atoms with Crippen LogP contribution in [0.2, 0.25) is 0 Å². The average molecular weight is 361 g/mol. The second kappa shape index (κ2) is 7.14. The SMILES string of the molecule is CCCc1n[nH]c2c(=S)[nH]c(-c3cc([S+]=O)ccc3OCC)nc12. The van der Waals surface area contributed by atoms with Gasteiger partial charge in [-0.3, -0.25) is 5.10 Å². The first-order chi connectivity index (χ1) is 11.7. The van der Waals surface area contributed by atoms with Crippen LogP contribution in [0.4, 0.5) is 0 Å². The van der Waals surface area contributed by atoms with Gasteiger partial charge in [0.1, 0.15) is 27.2 Å². The molecule has 0 saturated heterocycles. The fraction of sp³-hybridized carbons (Fsp3) is 0.312. The maximum Gasteiger partial charge on any atom is 0.505 e. The topological polar surface area (TPSA) is 83.7 Å². The summed E-state index contributed by atoms with van der Waals surface area (Å²) in [5, 5.41) is 7.26. The van der Waals surface area contributed by atoms with Crippen LogP contribution in [0.1, 0.15) is 26.0 Å². The third-order valence-electron chi connectivity index (χ3n) is 3.58. The highest BCUT2D eigenvalue weighted by Gasteiger charge is 2.18. The Morgan fingerprint density at radius 3 is 2.88 bits per heavy atom. The third kappa shape index (κ3) is 3.07. The quantitative estimate of drug-likeness (QED) is 0.515. The zero-order valence-corrected chi connectivity index (χ0v) is 15.0. The molecule has 2 heterocycles. The molecule has 1 aromatic carbocycles. The Balaban J connectivity index is 2.23. The van der Waals surface area contributed by atoms with Gasteiger partial charge in [-0.15, -0.1) is 0 Å². The lowest BCUT2D eigenvalue weighted by Gasteiger charge is -2.09. The van der Waals surface area contributed by atoms with E-state index in [9.17, 15) is 4.21 Å². The number of hydrogen-bond acceptors (Lipinski definition) is 5. The van der Waals surface area contributed by atoms with Crippen LogP contribution in [0.5, 0.6) is 5.75 Å². The van der Waals surface area contributed by atoms with Gasteiger partial charge >= 0.3 is 11.7 Å². The summed E-state index contributed by atoms with van der Waals surface area (Å²) in [6.45, 7) is 4.52. The summed E-state index contributed by atoms with van der Waals surface area (Å²) < 4.78 is 17.4. The van der Waals surface area contributed by atoms with Crippen molar-refractivity contribution < 1.29 is 8.95 Å². The van der Waals surface area contributed by atoms with Crippen LogP contribution in [-0.4, -0.2) is 26.8 Å². The zero-order chi connectivity index (χ0) is 17.1. The van der Waals surface area contributed by atoms with Crippen LogP contribution in [0, 0.1) is 4.64 Å². The van der Waals surface area contributed by atoms with Gasteiger partial charge in [-0.05, 0) is 19.4 Å². The van der Waals surface area contributed by atoms with Crippen molar-refractivity contribution in [2.24, 2.45) is 0 Å². The molecular formula is C16H17N4O2S2+. The normalized spacial score (nSPS) is 10.9. The molecule has 0 atom stereocenters. The van der Waals surface area contributed by atoms with Crippen molar-refractivity contribution >= 4 is 34.9 Å². The number of fused-ring (bicyclic) bond motifs is 1. The maximum absolute atomic E-state index is 11.2. The fourth-order valence-electron chi connectivity index (χ4n) is 2.53. The molecule has 0 bridgehead atoms. The number of hydrogen-bond donors (Lipinski definition) is 2. The van der Waals surface area contributed by atoms with E-state index in [-0.39, 0.29) is 0 Å². The Bertz CT molecular complexity index is 949. The molecule has 0 spiro atoms. The lowest BCUT2D eigenvalue weighted by atomic mass is 10.1. The van der Waals surface area contributed by atoms with Gasteiger partial charge in [0, 0.05) is 16.3 Å². The zero-order valence-electron chi connectivity index (χ0n) is 13.4. The minimum Gasteiger partial charge on any atom is -0.493 e. The van der Waals surface area contributed by atoms with Crippen LogP contribution in [0.15, 0.2) is 23.1 Å². The Labute approximate surface area is 148 Å². The van der Waals surface area contributed by atoms with Gasteiger partial charge in [0.15, 0.2) is 0 Å². The van der Waals surface area contributed by atoms with Gasteiger partial charge in [0.05, 0.1) is 17.9 Å². The highest BCUT2D eigenvalue weighted by atomic mass is 32.1. The first kappa shape index (κ1) is 16.7. The number of aryl methyl sites for hydroxylation is 1. The minimum absolute atomic E-state index is 0.433. The second-order valence-electron chi connectivity index (χ2n) is 5.23. The Morgan fingerprint density at radius 1 is 1.33 bits per heavy atom. The second-order valence-corrected chi connectivity index (χ2v) is 6.28. The largest absolute Gasteiger partial charge is 0.505 e. The molecule has 0 radical (unpaired) electrons. The summed E-state index contributed by atoms with van der Waals surface area (Å²) in [7, 11) is 0. The van der Waals surface area contributed by atoms with Crippen LogP contribution in [-0.2, 0) is 22.3 Å². The van der Waals surface area contributed by atoms with E-state index in [0.29, 0.717) is 44.9 Å². The Morgan fingerprint density at radius 2 is 2.17 bits per heavy atom. The molecule has 0 saturated carbocycles. The van der Waals surface area contributed by atoms with Crippen LogP contribution < -0.4 is 4.74 Å². The molecule has 0 aliphatic rings. The molecule has 0 unspecified atom stereocenters. The molecule has 0 fully saturated rings. The Kier molecular flexibility index (Phi) is 4.96. The van der Waals surface area contributed by atoms with Crippen molar-refractivity contribution in [1.82, 2.24) is 20.2 Å². The highest BCUT2D eigenvalue weighted by molar-refractivity contribution is 7.71. The smallest absolute Gasteiger partial charge is 0.493 e. The fourth-order valence-corrected chi connectivity index (χ4v) is 3.06. The molecule has 124 valence electrons. The monoisotopic (exact) mass is 361 g/mol. The van der Waals surface area contributed by atoms with E-state index in [2.05, 4.69) is 22.1 Å². The minimum atomic E-state index is 0.433. The molecule has 24 heavy (non-hydrogen) atoms. The summed E-state index contributed by atoms with van der Waals surface area (Å²) >= 11 is 5.87. The molecule has 8 heteroatoms. The van der Waals surface area contributed by atoms with Crippen molar-refractivity contribution in [2.45, 2.75) is 31.6 Å². The predicted octanol–water partition coefficient (Wildman–Crippen LogP) is 3.82. The van der Waals surface area contributed by atoms with Gasteiger partial charge in [-0.25, -0.2) is 4.98 Å². The van der Waals surface area contributed by atoms with E-state index in [0.717, 1.165) is 29.6 Å². The summed E-state index contributed by atoms with van der Waals surface area (Å²) in [5.74, 6) is 1.24. The van der Waals surface area contributed by atoms with Crippen molar-refractivity contribution in [1.29, 1.82) is 0 Å². The standard InChI is InChI=1S/C16H16N4O2S2/c1-3-5-11-13-14(20-19-11)16(23)18-15(17-13)10-8-9(24-21)6-7-12(10)22-4-2/h6-8H,3-5H2,1-2H3,(H-,17,18,19,20,23)/p+1. The van der Waals surface area contributed by atoms with Crippen molar-refractivity contribution in [3.63, 3.8) is 0 Å². The molecule has 0 aliphatic carbocycles. The average Bonchev–Trinajstić information content (AvgIpc) is 2.99. The number of rotatable bonds is 6. The van der Waals surface area contributed by atoms with Gasteiger partial charge < -0.3 is 9.72 Å². The molecule has 2 aromatic heterocycles. The van der Waals surface area contributed by atoms with E-state index in [4.69, 9.17) is 21.9 Å². The first-order valence-electron chi connectivity index (χ1n) is 7.72. The molecule has 3 aromatic rings. The van der Waals surface area contributed by atoms with Crippen molar-refractivity contribution in [2.75, 3.05) is 6.61 Å². The summed E-state index contributed by atoms with van der Waals surface area (Å²) in [5.41, 5.74) is 3.10. The van der Waals surface area contributed by atoms with Gasteiger partial charge in [0.25, 0.3) is 4.90 Å². The molecule has 0 amide bonds. The first-order valence-corrected chi connectivity index (χ1v) is 8.87. The number of nitrogens with one attached hydrogen (secondary N) is 2. The van der Waals surface area contributed by atoms with Crippen molar-refractivity contribution in [3.8, 4) is 17.1 Å². The molecular weight excluding hydrogens is 344 g/mol. The van der Waals surface area contributed by atoms with Crippen LogP contribution in [0.25, 0.3) is 22.4 Å². The van der Waals surface area contributed by atoms with Gasteiger partial charge in [-0.2, -0.15) is 5.10 Å². The molecule has 0 aliphatic heterocycles.